The van der Waals surface area contributed by atoms with Crippen LogP contribution in [0, 0.1) is 10.1 Å². The first-order valence-electron chi connectivity index (χ1n) is 13.1. The molecule has 5 rings (SSSR count). The molecule has 0 aliphatic carbocycles. The van der Waals surface area contributed by atoms with Crippen LogP contribution >= 0.6 is 11.3 Å². The van der Waals surface area contributed by atoms with E-state index in [0.717, 1.165) is 11.3 Å². The smallest absolute Gasteiger partial charge is 0.338 e. The highest BCUT2D eigenvalue weighted by Crippen LogP contribution is 2.37. The van der Waals surface area contributed by atoms with Gasteiger partial charge in [0.1, 0.15) is 29.1 Å². The second-order valence-electron chi connectivity index (χ2n) is 9.67. The minimum atomic E-state index is -0.855. The van der Waals surface area contributed by atoms with Gasteiger partial charge in [0.05, 0.1) is 39.0 Å². The van der Waals surface area contributed by atoms with Gasteiger partial charge in [-0.15, -0.1) is 0 Å². The number of phenolic OH excluding ortho intramolecular Hbond substituents is 1. The highest BCUT2D eigenvalue weighted by atomic mass is 32.1. The van der Waals surface area contributed by atoms with Gasteiger partial charge in [-0.1, -0.05) is 29.5 Å². The SMILES string of the molecule is CCOC(=O)C1=C(C)N=c2s/c(=C/c3ccc(-c4cc([N+](=O)[O-])ccc4O)o3)c(=O)n2[C@H]1c1ccccc1OC(C)C. The molecule has 1 aliphatic rings. The summed E-state index contributed by atoms with van der Waals surface area (Å²) in [7, 11) is 0. The highest BCUT2D eigenvalue weighted by molar-refractivity contribution is 7.07. The topological polar surface area (TPSA) is 146 Å². The van der Waals surface area contributed by atoms with E-state index in [2.05, 4.69) is 4.99 Å². The number of esters is 1. The number of aromatic hydroxyl groups is 1. The summed E-state index contributed by atoms with van der Waals surface area (Å²) < 4.78 is 19.0. The third kappa shape index (κ3) is 5.36. The van der Waals surface area contributed by atoms with E-state index in [-0.39, 0.29) is 51.3 Å². The number of para-hydroxylation sites is 1. The van der Waals surface area contributed by atoms with Gasteiger partial charge in [0.2, 0.25) is 0 Å². The Bertz CT molecular complexity index is 1910. The molecule has 0 fully saturated rings. The van der Waals surface area contributed by atoms with Crippen LogP contribution in [0.4, 0.5) is 5.69 Å². The number of phenols is 1. The summed E-state index contributed by atoms with van der Waals surface area (Å²) >= 11 is 1.12. The fraction of sp³-hybridized carbons (Fsp3) is 0.233. The molecule has 0 saturated heterocycles. The number of furan rings is 1. The molecule has 4 aromatic rings. The zero-order valence-corrected chi connectivity index (χ0v) is 24.0. The van der Waals surface area contributed by atoms with Gasteiger partial charge in [-0.3, -0.25) is 19.5 Å². The summed E-state index contributed by atoms with van der Waals surface area (Å²) in [5.74, 6) is 0.224. The Labute approximate surface area is 243 Å². The van der Waals surface area contributed by atoms with Crippen LogP contribution in [0.2, 0.25) is 0 Å². The predicted molar refractivity (Wildman–Crippen MR) is 155 cm³/mol. The molecular weight excluding hydrogens is 562 g/mol. The summed E-state index contributed by atoms with van der Waals surface area (Å²) in [6.45, 7) is 7.34. The fourth-order valence-corrected chi connectivity index (χ4v) is 5.72. The Morgan fingerprint density at radius 1 is 1.24 bits per heavy atom. The molecule has 1 N–H and O–H groups in total. The van der Waals surface area contributed by atoms with Crippen molar-refractivity contribution in [3.8, 4) is 22.8 Å². The molecule has 0 saturated carbocycles. The van der Waals surface area contributed by atoms with Gasteiger partial charge in [0, 0.05) is 23.8 Å². The average Bonchev–Trinajstić information content (AvgIpc) is 3.52. The van der Waals surface area contributed by atoms with Crippen molar-refractivity contribution in [2.24, 2.45) is 4.99 Å². The Balaban J connectivity index is 1.65. The number of carbonyl (C=O) groups excluding carboxylic acids is 1. The Morgan fingerprint density at radius 2 is 2.00 bits per heavy atom. The van der Waals surface area contributed by atoms with Crippen LogP contribution in [0.5, 0.6) is 11.5 Å². The second kappa shape index (κ2) is 11.5. The van der Waals surface area contributed by atoms with Crippen LogP contribution in [0.25, 0.3) is 17.4 Å². The van der Waals surface area contributed by atoms with Gasteiger partial charge < -0.3 is 19.0 Å². The lowest BCUT2D eigenvalue weighted by molar-refractivity contribution is -0.384. The fourth-order valence-electron chi connectivity index (χ4n) is 4.69. The number of hydrogen-bond acceptors (Lipinski definition) is 10. The maximum Gasteiger partial charge on any atom is 0.338 e. The second-order valence-corrected chi connectivity index (χ2v) is 10.7. The number of allylic oxidation sites excluding steroid dienone is 1. The molecule has 2 aromatic heterocycles. The van der Waals surface area contributed by atoms with Crippen molar-refractivity contribution in [1.82, 2.24) is 4.57 Å². The van der Waals surface area contributed by atoms with Crippen LogP contribution in [-0.4, -0.2) is 33.3 Å². The van der Waals surface area contributed by atoms with Crippen molar-refractivity contribution in [3.63, 3.8) is 0 Å². The number of benzene rings is 2. The quantitative estimate of drug-likeness (QED) is 0.180. The van der Waals surface area contributed by atoms with Gasteiger partial charge in [0.25, 0.3) is 11.2 Å². The molecule has 12 heteroatoms. The molecule has 11 nitrogen and oxygen atoms in total. The maximum absolute atomic E-state index is 13.9. The molecule has 42 heavy (non-hydrogen) atoms. The molecule has 0 spiro atoms. The number of nitrogens with zero attached hydrogens (tertiary/aromatic N) is 3. The predicted octanol–water partition coefficient (Wildman–Crippen LogP) is 4.46. The van der Waals surface area contributed by atoms with Crippen LogP contribution in [0.15, 0.2) is 80.1 Å². The molecule has 0 unspecified atom stereocenters. The third-order valence-corrected chi connectivity index (χ3v) is 7.43. The Kier molecular flexibility index (Phi) is 7.81. The first kappa shape index (κ1) is 28.6. The van der Waals surface area contributed by atoms with E-state index in [1.165, 1.54) is 28.8 Å². The molecule has 0 radical (unpaired) electrons. The van der Waals surface area contributed by atoms with E-state index in [9.17, 15) is 24.8 Å². The third-order valence-electron chi connectivity index (χ3n) is 6.45. The van der Waals surface area contributed by atoms with Crippen molar-refractivity contribution in [3.05, 3.63) is 107 Å². The number of fused-ring (bicyclic) bond motifs is 1. The van der Waals surface area contributed by atoms with Crippen LogP contribution in [0.1, 0.15) is 45.1 Å². The summed E-state index contributed by atoms with van der Waals surface area (Å²) in [5, 5.41) is 21.5. The first-order valence-corrected chi connectivity index (χ1v) is 13.9. The zero-order valence-electron chi connectivity index (χ0n) is 23.2. The lowest BCUT2D eigenvalue weighted by Gasteiger charge is -2.26. The molecule has 3 heterocycles. The number of non-ortho nitro benzene ring substituents is 1. The van der Waals surface area contributed by atoms with Crippen molar-refractivity contribution in [2.45, 2.75) is 39.8 Å². The van der Waals surface area contributed by atoms with Crippen LogP contribution < -0.4 is 19.6 Å². The number of carbonyl (C=O) groups is 1. The number of thiazole rings is 1. The average molecular weight is 590 g/mol. The number of hydrogen-bond donors (Lipinski definition) is 1. The van der Waals surface area contributed by atoms with Gasteiger partial charge >= 0.3 is 5.97 Å². The first-order chi connectivity index (χ1) is 20.1. The Hall–Kier alpha value is -4.97. The highest BCUT2D eigenvalue weighted by Gasteiger charge is 2.35. The molecule has 2 aromatic carbocycles. The monoisotopic (exact) mass is 589 g/mol. The lowest BCUT2D eigenvalue weighted by atomic mass is 9.95. The summed E-state index contributed by atoms with van der Waals surface area (Å²) in [6, 6.07) is 13.1. The zero-order chi connectivity index (χ0) is 30.1. The maximum atomic E-state index is 13.9. The largest absolute Gasteiger partial charge is 0.507 e. The number of nitro groups is 1. The molecule has 0 bridgehead atoms. The molecule has 216 valence electrons. The van der Waals surface area contributed by atoms with Gasteiger partial charge in [0.15, 0.2) is 4.80 Å². The minimum Gasteiger partial charge on any atom is -0.507 e. The molecule has 1 atom stereocenters. The van der Waals surface area contributed by atoms with Crippen molar-refractivity contribution >= 4 is 29.1 Å². The van der Waals surface area contributed by atoms with E-state index < -0.39 is 22.5 Å². The standard InChI is InChI=1S/C30H27N3O8S/c1-5-39-29(36)26-17(4)31-30-32(27(26)20-8-6-7-9-23(20)40-16(2)3)28(35)25(42-30)15-19-11-13-24(41-19)21-14-18(33(37)38)10-12-22(21)34/h6-16,27,34H,5H2,1-4H3/b25-15+/t27-/m0/s1. The van der Waals surface area contributed by atoms with E-state index in [1.54, 1.807) is 32.0 Å². The van der Waals surface area contributed by atoms with Crippen LogP contribution in [0.3, 0.4) is 0 Å². The molecule has 1 aliphatic heterocycles. The van der Waals surface area contributed by atoms with E-state index in [0.29, 0.717) is 21.8 Å². The normalized spacial score (nSPS) is 15.0. The number of ether oxygens (including phenoxy) is 2. The van der Waals surface area contributed by atoms with Crippen molar-refractivity contribution in [2.75, 3.05) is 6.61 Å². The van der Waals surface area contributed by atoms with Crippen LogP contribution in [-0.2, 0) is 9.53 Å². The van der Waals surface area contributed by atoms with Crippen molar-refractivity contribution in [1.29, 1.82) is 0 Å². The van der Waals surface area contributed by atoms with E-state index >= 15 is 0 Å². The molecular formula is C30H27N3O8S. The van der Waals surface area contributed by atoms with Gasteiger partial charge in [-0.2, -0.15) is 0 Å². The lowest BCUT2D eigenvalue weighted by Crippen LogP contribution is -2.40. The number of aromatic nitrogens is 1. The van der Waals surface area contributed by atoms with Crippen molar-refractivity contribution < 1.29 is 28.7 Å². The summed E-state index contributed by atoms with van der Waals surface area (Å²) in [4.78, 5) is 42.7. The summed E-state index contributed by atoms with van der Waals surface area (Å²) in [6.07, 6.45) is 1.37. The van der Waals surface area contributed by atoms with E-state index in [1.807, 2.05) is 32.0 Å². The van der Waals surface area contributed by atoms with E-state index in [4.69, 9.17) is 13.9 Å². The summed E-state index contributed by atoms with van der Waals surface area (Å²) in [5.41, 5.74) is 0.792. The van der Waals surface area contributed by atoms with Gasteiger partial charge in [-0.05, 0) is 52.0 Å². The molecule has 0 amide bonds. The number of nitro benzene ring substituents is 1. The number of rotatable bonds is 8. The Morgan fingerprint density at radius 3 is 2.71 bits per heavy atom. The minimum absolute atomic E-state index is 0.141. The van der Waals surface area contributed by atoms with Gasteiger partial charge in [-0.25, -0.2) is 9.79 Å².